The van der Waals surface area contributed by atoms with Gasteiger partial charge in [0.1, 0.15) is 10.6 Å². The van der Waals surface area contributed by atoms with E-state index in [1.807, 2.05) is 30.3 Å². The Morgan fingerprint density at radius 1 is 1.12 bits per heavy atom. The van der Waals surface area contributed by atoms with Gasteiger partial charge in [0.2, 0.25) is 10.0 Å². The number of hydrogen-bond acceptors (Lipinski definition) is 6. The molecule has 1 aromatic carbocycles. The van der Waals surface area contributed by atoms with Crippen molar-refractivity contribution < 1.29 is 13.2 Å². The molecule has 1 aliphatic heterocycles. The molecule has 0 aliphatic carbocycles. The summed E-state index contributed by atoms with van der Waals surface area (Å²) >= 11 is 0. The molecule has 0 fully saturated rings. The predicted molar refractivity (Wildman–Crippen MR) is 126 cm³/mol. The number of carbonyl (C=O) groups is 1. The summed E-state index contributed by atoms with van der Waals surface area (Å²) in [6.07, 6.45) is 5.59. The van der Waals surface area contributed by atoms with E-state index in [9.17, 15) is 13.2 Å². The third-order valence-corrected chi connectivity index (χ3v) is 8.36. The average molecular weight is 477 g/mol. The largest absolute Gasteiger partial charge is 0.347 e. The Balaban J connectivity index is 1.38. The summed E-state index contributed by atoms with van der Waals surface area (Å²) in [4.78, 5) is 17.5. The number of hydrogen-bond donors (Lipinski definition) is 1. The zero-order chi connectivity index (χ0) is 23.9. The fourth-order valence-electron chi connectivity index (χ4n) is 4.34. The van der Waals surface area contributed by atoms with Gasteiger partial charge in [-0.25, -0.2) is 8.42 Å². The van der Waals surface area contributed by atoms with E-state index in [4.69, 9.17) is 0 Å². The molecule has 10 heteroatoms. The SMILES string of the molecule is Cc1c(S(=O)(=O)N2CCc3cnncc3C2)cc(C(=O)NCc2cccc3ncccc23)n1C. The average Bonchev–Trinajstić information content (AvgIpc) is 3.17. The second kappa shape index (κ2) is 8.62. The molecule has 4 heterocycles. The van der Waals surface area contributed by atoms with Crippen LogP contribution in [0.2, 0.25) is 0 Å². The fraction of sp³-hybridized carbons (Fsp3) is 0.250. The number of rotatable bonds is 5. The molecule has 1 amide bonds. The highest BCUT2D eigenvalue weighted by atomic mass is 32.2. The van der Waals surface area contributed by atoms with Crippen LogP contribution >= 0.6 is 0 Å². The van der Waals surface area contributed by atoms with E-state index in [0.29, 0.717) is 25.2 Å². The van der Waals surface area contributed by atoms with Crippen molar-refractivity contribution in [2.75, 3.05) is 6.54 Å². The zero-order valence-corrected chi connectivity index (χ0v) is 19.7. The lowest BCUT2D eigenvalue weighted by atomic mass is 10.1. The summed E-state index contributed by atoms with van der Waals surface area (Å²) in [5.74, 6) is -0.341. The molecule has 0 saturated carbocycles. The van der Waals surface area contributed by atoms with Gasteiger partial charge in [0.15, 0.2) is 0 Å². The lowest BCUT2D eigenvalue weighted by molar-refractivity contribution is 0.0942. The van der Waals surface area contributed by atoms with Gasteiger partial charge in [0.05, 0.1) is 17.9 Å². The van der Waals surface area contributed by atoms with Crippen LogP contribution in [0, 0.1) is 6.92 Å². The van der Waals surface area contributed by atoms with Gasteiger partial charge in [-0.05, 0) is 48.2 Å². The predicted octanol–water partition coefficient (Wildman–Crippen LogP) is 2.35. The maximum atomic E-state index is 13.5. The van der Waals surface area contributed by atoms with Gasteiger partial charge < -0.3 is 9.88 Å². The van der Waals surface area contributed by atoms with Crippen molar-refractivity contribution in [1.82, 2.24) is 29.4 Å². The number of benzene rings is 1. The van der Waals surface area contributed by atoms with Crippen LogP contribution in [0.5, 0.6) is 0 Å². The van der Waals surface area contributed by atoms with Crippen LogP contribution in [0.4, 0.5) is 0 Å². The van der Waals surface area contributed by atoms with E-state index in [1.54, 1.807) is 37.1 Å². The molecule has 1 N–H and O–H groups in total. The highest BCUT2D eigenvalue weighted by molar-refractivity contribution is 7.89. The molecule has 174 valence electrons. The highest BCUT2D eigenvalue weighted by Crippen LogP contribution is 2.28. The molecule has 1 aliphatic rings. The Hall–Kier alpha value is -3.63. The van der Waals surface area contributed by atoms with Crippen molar-refractivity contribution in [2.24, 2.45) is 7.05 Å². The van der Waals surface area contributed by atoms with Crippen molar-refractivity contribution >= 4 is 26.8 Å². The minimum Gasteiger partial charge on any atom is -0.347 e. The van der Waals surface area contributed by atoms with Crippen molar-refractivity contribution in [3.8, 4) is 0 Å². The first-order chi connectivity index (χ1) is 16.4. The molecule has 0 atom stereocenters. The van der Waals surface area contributed by atoms with E-state index in [-0.39, 0.29) is 23.0 Å². The third kappa shape index (κ3) is 3.84. The molecule has 0 radical (unpaired) electrons. The second-order valence-electron chi connectivity index (χ2n) is 8.34. The van der Waals surface area contributed by atoms with Crippen molar-refractivity contribution in [1.29, 1.82) is 0 Å². The van der Waals surface area contributed by atoms with Crippen LogP contribution in [-0.2, 0) is 36.6 Å². The number of sulfonamides is 1. The van der Waals surface area contributed by atoms with Crippen molar-refractivity contribution in [3.63, 3.8) is 0 Å². The van der Waals surface area contributed by atoms with E-state index in [0.717, 1.165) is 27.6 Å². The Bertz CT molecular complexity index is 1510. The number of aromatic nitrogens is 4. The number of amides is 1. The molecule has 0 spiro atoms. The molecule has 34 heavy (non-hydrogen) atoms. The molecular weight excluding hydrogens is 452 g/mol. The van der Waals surface area contributed by atoms with E-state index in [1.165, 1.54) is 10.4 Å². The first-order valence-electron chi connectivity index (χ1n) is 10.9. The topological polar surface area (TPSA) is 110 Å². The van der Waals surface area contributed by atoms with Gasteiger partial charge in [-0.3, -0.25) is 9.78 Å². The normalized spacial score (nSPS) is 14.2. The van der Waals surface area contributed by atoms with Gasteiger partial charge >= 0.3 is 0 Å². The van der Waals surface area contributed by atoms with E-state index >= 15 is 0 Å². The monoisotopic (exact) mass is 476 g/mol. The maximum Gasteiger partial charge on any atom is 0.268 e. The van der Waals surface area contributed by atoms with Gasteiger partial charge in [-0.1, -0.05) is 18.2 Å². The zero-order valence-electron chi connectivity index (χ0n) is 18.9. The van der Waals surface area contributed by atoms with Crippen LogP contribution in [0.3, 0.4) is 0 Å². The molecule has 3 aromatic heterocycles. The minimum atomic E-state index is -3.79. The number of nitrogens with zero attached hydrogens (tertiary/aromatic N) is 5. The number of pyridine rings is 1. The molecule has 9 nitrogen and oxygen atoms in total. The molecular formula is C24H24N6O3S. The summed E-state index contributed by atoms with van der Waals surface area (Å²) in [6.45, 7) is 2.60. The van der Waals surface area contributed by atoms with Crippen molar-refractivity contribution in [3.05, 3.63) is 83.1 Å². The second-order valence-corrected chi connectivity index (χ2v) is 10.2. The van der Waals surface area contributed by atoms with Crippen LogP contribution in [0.15, 0.2) is 59.9 Å². The van der Waals surface area contributed by atoms with Crippen LogP contribution in [0.1, 0.15) is 32.9 Å². The highest BCUT2D eigenvalue weighted by Gasteiger charge is 2.32. The van der Waals surface area contributed by atoms with E-state index in [2.05, 4.69) is 20.5 Å². The summed E-state index contributed by atoms with van der Waals surface area (Å²) in [7, 11) is -2.09. The summed E-state index contributed by atoms with van der Waals surface area (Å²) < 4.78 is 30.0. The molecule has 0 saturated heterocycles. The Morgan fingerprint density at radius 2 is 1.91 bits per heavy atom. The van der Waals surface area contributed by atoms with Crippen LogP contribution in [-0.4, -0.2) is 44.9 Å². The van der Waals surface area contributed by atoms with E-state index < -0.39 is 10.0 Å². The number of fused-ring (bicyclic) bond motifs is 2. The summed E-state index contributed by atoms with van der Waals surface area (Å²) in [6, 6.07) is 11.0. The first kappa shape index (κ1) is 22.2. The maximum absolute atomic E-state index is 13.5. The molecule has 4 aromatic rings. The van der Waals surface area contributed by atoms with Crippen molar-refractivity contribution in [2.45, 2.75) is 31.3 Å². The number of carbonyl (C=O) groups excluding carboxylic acids is 1. The van der Waals surface area contributed by atoms with Crippen LogP contribution < -0.4 is 5.32 Å². The lowest BCUT2D eigenvalue weighted by Crippen LogP contribution is -2.36. The third-order valence-electron chi connectivity index (χ3n) is 6.40. The van der Waals surface area contributed by atoms with Gasteiger partial charge in [0, 0.05) is 44.0 Å². The molecule has 5 rings (SSSR count). The standard InChI is InChI=1S/C24H24N6O3S/c1-16-23(34(32,33)30-10-8-17-13-27-28-14-19(17)15-30)11-22(29(16)2)24(31)26-12-18-5-3-7-21-20(18)6-4-9-25-21/h3-7,9,11,13-14H,8,10,12,15H2,1-2H3,(H,26,31). The quantitative estimate of drug-likeness (QED) is 0.474. The summed E-state index contributed by atoms with van der Waals surface area (Å²) in [5, 5.41) is 11.6. The van der Waals surface area contributed by atoms with Gasteiger partial charge in [0.25, 0.3) is 5.91 Å². The lowest BCUT2D eigenvalue weighted by Gasteiger charge is -2.27. The van der Waals surface area contributed by atoms with Gasteiger partial charge in [-0.15, -0.1) is 0 Å². The van der Waals surface area contributed by atoms with Crippen LogP contribution in [0.25, 0.3) is 10.9 Å². The summed E-state index contributed by atoms with van der Waals surface area (Å²) in [5.41, 5.74) is 4.45. The Labute approximate surface area is 197 Å². The Morgan fingerprint density at radius 3 is 2.74 bits per heavy atom. The minimum absolute atomic E-state index is 0.139. The number of nitrogens with one attached hydrogen (secondary N) is 1. The smallest absolute Gasteiger partial charge is 0.268 e. The molecule has 0 bridgehead atoms. The van der Waals surface area contributed by atoms with Gasteiger partial charge in [-0.2, -0.15) is 14.5 Å². The fourth-order valence-corrected chi connectivity index (χ4v) is 6.03. The molecule has 0 unspecified atom stereocenters. The first-order valence-corrected chi connectivity index (χ1v) is 12.4. The Kier molecular flexibility index (Phi) is 5.62.